The second kappa shape index (κ2) is 19.9. The van der Waals surface area contributed by atoms with E-state index in [0.717, 1.165) is 50.4 Å². The molecule has 2 fully saturated rings. The molecule has 0 spiro atoms. The fourth-order valence-corrected chi connectivity index (χ4v) is 8.17. The summed E-state index contributed by atoms with van der Waals surface area (Å²) in [4.78, 5) is 24.1. The molecule has 0 aliphatic heterocycles. The maximum Gasteiger partial charge on any atom is 0.335 e. The Morgan fingerprint density at radius 2 is 1.37 bits per heavy atom. The zero-order valence-corrected chi connectivity index (χ0v) is 30.7. The largest absolute Gasteiger partial charge is 0.462 e. The minimum atomic E-state index is -0.599. The summed E-state index contributed by atoms with van der Waals surface area (Å²) in [5.74, 6) is 1.71. The number of hydrogen-bond acceptors (Lipinski definition) is 5. The number of aliphatic hydroxyl groups excluding tert-OH is 1. The first-order valence-corrected chi connectivity index (χ1v) is 19.2. The van der Waals surface area contributed by atoms with Gasteiger partial charge in [-0.2, -0.15) is 0 Å². The molecule has 268 valence electrons. The van der Waals surface area contributed by atoms with Gasteiger partial charge in [0.05, 0.1) is 25.4 Å². The second-order valence-electron chi connectivity index (χ2n) is 15.0. The summed E-state index contributed by atoms with van der Waals surface area (Å²) in [6.07, 6.45) is 17.9. The Bertz CT molecular complexity index is 1360. The van der Waals surface area contributed by atoms with Crippen molar-refractivity contribution in [2.24, 2.45) is 23.7 Å². The van der Waals surface area contributed by atoms with Gasteiger partial charge < -0.3 is 14.6 Å². The number of benzene rings is 2. The molecule has 0 saturated heterocycles. The van der Waals surface area contributed by atoms with Gasteiger partial charge in [0.1, 0.15) is 0 Å². The number of esters is 2. The number of aliphatic hydroxyl groups is 1. The van der Waals surface area contributed by atoms with Crippen LogP contribution in [0.15, 0.2) is 66.8 Å². The smallest absolute Gasteiger partial charge is 0.335 e. The summed E-state index contributed by atoms with van der Waals surface area (Å²) in [6.45, 7) is 13.3. The van der Waals surface area contributed by atoms with Crippen LogP contribution in [0.4, 0.5) is 0 Å². The quantitative estimate of drug-likeness (QED) is 0.126. The summed E-state index contributed by atoms with van der Waals surface area (Å²) in [6, 6.07) is 16.7. The SMILES string of the molecule is C=C(C)C(=O)OCC(COC(=O)C(=C)CO)CC1CCC(C2CCC(c3ccc(CCc4ccc(CCCC)c(CC)c4)cc3)CC2)CC1. The Morgan fingerprint density at radius 3 is 1.96 bits per heavy atom. The third-order valence-electron chi connectivity index (χ3n) is 11.3. The monoisotopic (exact) mass is 670 g/mol. The highest BCUT2D eigenvalue weighted by molar-refractivity contribution is 5.88. The number of carbonyl (C=O) groups is 2. The Balaban J connectivity index is 1.20. The molecule has 0 heterocycles. The molecule has 2 saturated carbocycles. The lowest BCUT2D eigenvalue weighted by atomic mass is 9.67. The lowest BCUT2D eigenvalue weighted by molar-refractivity contribution is -0.144. The van der Waals surface area contributed by atoms with Gasteiger partial charge in [0.2, 0.25) is 0 Å². The van der Waals surface area contributed by atoms with Crippen LogP contribution in [-0.4, -0.2) is 36.9 Å². The predicted octanol–water partition coefficient (Wildman–Crippen LogP) is 9.67. The van der Waals surface area contributed by atoms with Crippen LogP contribution in [-0.2, 0) is 44.7 Å². The molecule has 0 aromatic heterocycles. The van der Waals surface area contributed by atoms with Gasteiger partial charge in [0.25, 0.3) is 0 Å². The molecule has 1 unspecified atom stereocenters. The first-order valence-electron chi connectivity index (χ1n) is 19.2. The number of aryl methyl sites for hydroxylation is 4. The molecule has 0 bridgehead atoms. The molecular weight excluding hydrogens is 608 g/mol. The van der Waals surface area contributed by atoms with Gasteiger partial charge in [-0.25, -0.2) is 9.59 Å². The zero-order chi connectivity index (χ0) is 35.2. The average molecular weight is 671 g/mol. The molecule has 1 N–H and O–H groups in total. The van der Waals surface area contributed by atoms with E-state index in [1.54, 1.807) is 6.92 Å². The third kappa shape index (κ3) is 12.0. The maximum absolute atomic E-state index is 12.1. The molecule has 0 amide bonds. The van der Waals surface area contributed by atoms with Crippen LogP contribution in [0.2, 0.25) is 0 Å². The summed E-state index contributed by atoms with van der Waals surface area (Å²) < 4.78 is 10.8. The van der Waals surface area contributed by atoms with Crippen LogP contribution in [0, 0.1) is 23.7 Å². The van der Waals surface area contributed by atoms with Crippen LogP contribution in [0.5, 0.6) is 0 Å². The van der Waals surface area contributed by atoms with Gasteiger partial charge >= 0.3 is 11.9 Å². The van der Waals surface area contributed by atoms with E-state index in [2.05, 4.69) is 69.5 Å². The molecule has 1 atom stereocenters. The van der Waals surface area contributed by atoms with Crippen molar-refractivity contribution in [3.63, 3.8) is 0 Å². The number of rotatable bonds is 18. The van der Waals surface area contributed by atoms with E-state index in [4.69, 9.17) is 9.47 Å². The van der Waals surface area contributed by atoms with Crippen LogP contribution in [0.3, 0.4) is 0 Å². The first-order chi connectivity index (χ1) is 23.7. The standard InChI is InChI=1S/C44H62O5/c1-6-8-9-38-19-16-35(27-37(38)7-2)11-10-33-12-17-39(18-13-33)41-22-24-42(25-23-41)40-20-14-34(15-21-40)26-36(29-48-43(46)31(3)4)30-49-44(47)32(5)28-45/h12-13,16-19,27,34,36,40-42,45H,3,5-11,14-15,20-26,28-30H2,1-2,4H3. The van der Waals surface area contributed by atoms with Gasteiger partial charge in [-0.05, 0) is 135 Å². The van der Waals surface area contributed by atoms with Crippen molar-refractivity contribution < 1.29 is 24.2 Å². The van der Waals surface area contributed by atoms with Crippen molar-refractivity contribution in [2.45, 2.75) is 123 Å². The number of unbranched alkanes of at least 4 members (excludes halogenated alkanes) is 1. The zero-order valence-electron chi connectivity index (χ0n) is 30.7. The minimum Gasteiger partial charge on any atom is -0.462 e. The number of carbonyl (C=O) groups excluding carboxylic acids is 2. The van der Waals surface area contributed by atoms with Crippen LogP contribution >= 0.6 is 0 Å². The second-order valence-corrected chi connectivity index (χ2v) is 15.0. The molecule has 0 radical (unpaired) electrons. The molecule has 2 aromatic carbocycles. The van der Waals surface area contributed by atoms with Crippen molar-refractivity contribution in [3.8, 4) is 0 Å². The highest BCUT2D eigenvalue weighted by Gasteiger charge is 2.32. The van der Waals surface area contributed by atoms with Gasteiger partial charge in [-0.1, -0.05) is 88.7 Å². The van der Waals surface area contributed by atoms with Crippen molar-refractivity contribution in [1.29, 1.82) is 0 Å². The van der Waals surface area contributed by atoms with E-state index in [-0.39, 0.29) is 24.7 Å². The highest BCUT2D eigenvalue weighted by atomic mass is 16.5. The molecule has 2 aliphatic carbocycles. The minimum absolute atomic E-state index is 0.0325. The first kappa shape index (κ1) is 38.6. The molecule has 5 nitrogen and oxygen atoms in total. The van der Waals surface area contributed by atoms with E-state index < -0.39 is 18.5 Å². The lowest BCUT2D eigenvalue weighted by Crippen LogP contribution is -2.28. The van der Waals surface area contributed by atoms with Crippen molar-refractivity contribution in [3.05, 3.63) is 94.6 Å². The van der Waals surface area contributed by atoms with E-state index in [1.807, 2.05) is 0 Å². The van der Waals surface area contributed by atoms with Gasteiger partial charge in [0.15, 0.2) is 0 Å². The fraction of sp³-hybridized carbons (Fsp3) is 0.591. The fourth-order valence-electron chi connectivity index (χ4n) is 8.17. The number of ether oxygens (including phenoxy) is 2. The van der Waals surface area contributed by atoms with Crippen molar-refractivity contribution >= 4 is 11.9 Å². The van der Waals surface area contributed by atoms with E-state index in [9.17, 15) is 14.7 Å². The van der Waals surface area contributed by atoms with Crippen molar-refractivity contribution in [2.75, 3.05) is 19.8 Å². The third-order valence-corrected chi connectivity index (χ3v) is 11.3. The van der Waals surface area contributed by atoms with Gasteiger partial charge in [0, 0.05) is 11.5 Å². The van der Waals surface area contributed by atoms with Gasteiger partial charge in [-0.15, -0.1) is 0 Å². The Morgan fingerprint density at radius 1 is 0.776 bits per heavy atom. The Hall–Kier alpha value is -3.18. The summed E-state index contributed by atoms with van der Waals surface area (Å²) >= 11 is 0. The normalized spacial score (nSPS) is 21.5. The molecule has 49 heavy (non-hydrogen) atoms. The van der Waals surface area contributed by atoms with Crippen LogP contribution < -0.4 is 0 Å². The number of hydrogen-bond donors (Lipinski definition) is 1. The molecule has 5 heteroatoms. The Labute approximate surface area is 296 Å². The Kier molecular flexibility index (Phi) is 15.7. The van der Waals surface area contributed by atoms with Gasteiger partial charge in [-0.3, -0.25) is 0 Å². The van der Waals surface area contributed by atoms with E-state index in [1.165, 1.54) is 85.6 Å². The molecule has 2 aliphatic rings. The van der Waals surface area contributed by atoms with E-state index in [0.29, 0.717) is 17.4 Å². The summed E-state index contributed by atoms with van der Waals surface area (Å²) in [5.41, 5.74) is 7.87. The van der Waals surface area contributed by atoms with Crippen molar-refractivity contribution in [1.82, 2.24) is 0 Å². The highest BCUT2D eigenvalue weighted by Crippen LogP contribution is 2.45. The molecule has 2 aromatic rings. The maximum atomic E-state index is 12.1. The summed E-state index contributed by atoms with van der Waals surface area (Å²) in [5, 5.41) is 9.19. The average Bonchev–Trinajstić information content (AvgIpc) is 3.14. The molecule has 4 rings (SSSR count). The predicted molar refractivity (Wildman–Crippen MR) is 199 cm³/mol. The van der Waals surface area contributed by atoms with E-state index >= 15 is 0 Å². The molecular formula is C44H62O5. The van der Waals surface area contributed by atoms with Crippen LogP contribution in [0.1, 0.15) is 125 Å². The lowest BCUT2D eigenvalue weighted by Gasteiger charge is -2.38. The van der Waals surface area contributed by atoms with Crippen LogP contribution in [0.25, 0.3) is 0 Å². The summed E-state index contributed by atoms with van der Waals surface area (Å²) in [7, 11) is 0. The topological polar surface area (TPSA) is 72.8 Å².